The fourth-order valence-electron chi connectivity index (χ4n) is 4.81. The SMILES string of the molecule is CNC(=O)[C@@H]1CN(C(=O)c2c[nH]c3ccccc23)C[C@H]1C1CCN(C)CC1. The predicted molar refractivity (Wildman–Crippen MR) is 105 cm³/mol. The van der Waals surface area contributed by atoms with E-state index in [0.717, 1.165) is 36.8 Å². The molecule has 0 bridgehead atoms. The standard InChI is InChI=1S/C21H28N4O2/c1-22-20(26)18-13-25(12-17(18)14-7-9-24(2)10-8-14)21(27)16-11-23-19-6-4-3-5-15(16)19/h3-6,11,14,17-18,23H,7-10,12-13H2,1-2H3,(H,22,26)/t17-,18+/m0/s1. The summed E-state index contributed by atoms with van der Waals surface area (Å²) in [7, 11) is 3.84. The molecule has 0 saturated carbocycles. The highest BCUT2D eigenvalue weighted by molar-refractivity contribution is 6.07. The van der Waals surface area contributed by atoms with Crippen LogP contribution in [0.2, 0.25) is 0 Å². The molecule has 0 radical (unpaired) electrons. The third-order valence-electron chi connectivity index (χ3n) is 6.42. The van der Waals surface area contributed by atoms with Crippen molar-refractivity contribution in [2.75, 3.05) is 40.3 Å². The first-order valence-electron chi connectivity index (χ1n) is 9.84. The van der Waals surface area contributed by atoms with Crippen LogP contribution < -0.4 is 5.32 Å². The van der Waals surface area contributed by atoms with Gasteiger partial charge in [0.15, 0.2) is 0 Å². The van der Waals surface area contributed by atoms with E-state index in [-0.39, 0.29) is 23.7 Å². The van der Waals surface area contributed by atoms with Gasteiger partial charge in [0.1, 0.15) is 0 Å². The summed E-state index contributed by atoms with van der Waals surface area (Å²) < 4.78 is 0. The topological polar surface area (TPSA) is 68.4 Å². The summed E-state index contributed by atoms with van der Waals surface area (Å²) in [6.45, 7) is 3.32. The summed E-state index contributed by atoms with van der Waals surface area (Å²) in [6.07, 6.45) is 4.00. The van der Waals surface area contributed by atoms with Crippen LogP contribution in [-0.2, 0) is 4.79 Å². The van der Waals surface area contributed by atoms with Crippen LogP contribution in [0.25, 0.3) is 10.9 Å². The molecule has 144 valence electrons. The number of carbonyl (C=O) groups is 2. The minimum Gasteiger partial charge on any atom is -0.360 e. The average Bonchev–Trinajstić information content (AvgIpc) is 3.32. The highest BCUT2D eigenvalue weighted by Crippen LogP contribution is 2.36. The van der Waals surface area contributed by atoms with Crippen LogP contribution in [0.1, 0.15) is 23.2 Å². The first-order valence-corrected chi connectivity index (χ1v) is 9.84. The summed E-state index contributed by atoms with van der Waals surface area (Å²) in [5.41, 5.74) is 1.67. The zero-order valence-electron chi connectivity index (χ0n) is 16.1. The Morgan fingerprint density at radius 2 is 1.89 bits per heavy atom. The van der Waals surface area contributed by atoms with Crippen molar-refractivity contribution in [1.82, 2.24) is 20.1 Å². The summed E-state index contributed by atoms with van der Waals surface area (Å²) >= 11 is 0. The van der Waals surface area contributed by atoms with E-state index in [9.17, 15) is 9.59 Å². The van der Waals surface area contributed by atoms with Crippen LogP contribution in [0, 0.1) is 17.8 Å². The Morgan fingerprint density at radius 1 is 1.15 bits per heavy atom. The number of H-pyrrole nitrogens is 1. The molecule has 0 aliphatic carbocycles. The number of para-hydroxylation sites is 1. The Kier molecular flexibility index (Phi) is 4.91. The number of carbonyl (C=O) groups excluding carboxylic acids is 2. The smallest absolute Gasteiger partial charge is 0.256 e. The number of hydrogen-bond donors (Lipinski definition) is 2. The quantitative estimate of drug-likeness (QED) is 0.870. The van der Waals surface area contributed by atoms with Gasteiger partial charge in [-0.15, -0.1) is 0 Å². The Labute approximate surface area is 159 Å². The number of piperidine rings is 1. The van der Waals surface area contributed by atoms with Gasteiger partial charge in [-0.25, -0.2) is 0 Å². The second kappa shape index (κ2) is 7.35. The Hall–Kier alpha value is -2.34. The van der Waals surface area contributed by atoms with E-state index in [1.807, 2.05) is 29.2 Å². The number of likely N-dealkylation sites (tertiary alicyclic amines) is 2. The Balaban J connectivity index is 1.56. The van der Waals surface area contributed by atoms with Crippen molar-refractivity contribution in [1.29, 1.82) is 0 Å². The normalized spacial score (nSPS) is 24.4. The molecule has 2 aliphatic rings. The number of aromatic amines is 1. The molecule has 2 atom stereocenters. The summed E-state index contributed by atoms with van der Waals surface area (Å²) in [6, 6.07) is 7.86. The first-order chi connectivity index (χ1) is 13.1. The summed E-state index contributed by atoms with van der Waals surface area (Å²) in [5.74, 6) is 0.722. The third-order valence-corrected chi connectivity index (χ3v) is 6.42. The van der Waals surface area contributed by atoms with Crippen molar-refractivity contribution >= 4 is 22.7 Å². The van der Waals surface area contributed by atoms with Gasteiger partial charge in [0.2, 0.25) is 5.91 Å². The molecular formula is C21H28N4O2. The lowest BCUT2D eigenvalue weighted by molar-refractivity contribution is -0.125. The van der Waals surface area contributed by atoms with Crippen LogP contribution >= 0.6 is 0 Å². The van der Waals surface area contributed by atoms with Gasteiger partial charge in [-0.3, -0.25) is 9.59 Å². The highest BCUT2D eigenvalue weighted by Gasteiger charge is 2.43. The van der Waals surface area contributed by atoms with Crippen LogP contribution in [-0.4, -0.2) is 66.9 Å². The molecule has 2 aromatic rings. The highest BCUT2D eigenvalue weighted by atomic mass is 16.2. The van der Waals surface area contributed by atoms with Crippen LogP contribution in [0.4, 0.5) is 0 Å². The van der Waals surface area contributed by atoms with Gasteiger partial charge in [0, 0.05) is 37.2 Å². The molecule has 6 heteroatoms. The number of fused-ring (bicyclic) bond motifs is 1. The molecule has 4 rings (SSSR count). The molecule has 3 heterocycles. The van der Waals surface area contributed by atoms with E-state index in [4.69, 9.17) is 0 Å². The minimum atomic E-state index is -0.113. The van der Waals surface area contributed by atoms with E-state index in [1.165, 1.54) is 0 Å². The van der Waals surface area contributed by atoms with Crippen LogP contribution in [0.5, 0.6) is 0 Å². The fourth-order valence-corrected chi connectivity index (χ4v) is 4.81. The first kappa shape index (κ1) is 18.0. The minimum absolute atomic E-state index is 0.0248. The molecular weight excluding hydrogens is 340 g/mol. The lowest BCUT2D eigenvalue weighted by Crippen LogP contribution is -2.39. The molecule has 1 aromatic carbocycles. The Morgan fingerprint density at radius 3 is 2.63 bits per heavy atom. The van der Waals surface area contributed by atoms with Crippen LogP contribution in [0.15, 0.2) is 30.5 Å². The van der Waals surface area contributed by atoms with Gasteiger partial charge in [-0.2, -0.15) is 0 Å². The van der Waals surface area contributed by atoms with Gasteiger partial charge in [-0.1, -0.05) is 18.2 Å². The number of nitrogens with zero attached hydrogens (tertiary/aromatic N) is 2. The van der Waals surface area contributed by atoms with Crippen LogP contribution in [0.3, 0.4) is 0 Å². The predicted octanol–water partition coefficient (Wildman–Crippen LogP) is 1.94. The molecule has 27 heavy (non-hydrogen) atoms. The number of rotatable bonds is 3. The molecule has 0 spiro atoms. The number of benzene rings is 1. The van der Waals surface area contributed by atoms with Crippen molar-refractivity contribution in [3.05, 3.63) is 36.0 Å². The van der Waals surface area contributed by atoms with Gasteiger partial charge in [0.25, 0.3) is 5.91 Å². The number of nitrogens with one attached hydrogen (secondary N) is 2. The number of amides is 2. The zero-order chi connectivity index (χ0) is 19.0. The van der Waals surface area contributed by atoms with Crippen molar-refractivity contribution in [2.24, 2.45) is 17.8 Å². The number of hydrogen-bond acceptors (Lipinski definition) is 3. The molecule has 1 aromatic heterocycles. The third kappa shape index (κ3) is 3.34. The van der Waals surface area contributed by atoms with Crippen molar-refractivity contribution in [2.45, 2.75) is 12.8 Å². The van der Waals surface area contributed by atoms with Gasteiger partial charge >= 0.3 is 0 Å². The lowest BCUT2D eigenvalue weighted by Gasteiger charge is -2.34. The molecule has 2 saturated heterocycles. The molecule has 2 amide bonds. The van der Waals surface area contributed by atoms with E-state index in [1.54, 1.807) is 13.2 Å². The molecule has 2 fully saturated rings. The monoisotopic (exact) mass is 368 g/mol. The molecule has 6 nitrogen and oxygen atoms in total. The Bertz CT molecular complexity index is 838. The van der Waals surface area contributed by atoms with Crippen molar-refractivity contribution < 1.29 is 9.59 Å². The van der Waals surface area contributed by atoms with E-state index >= 15 is 0 Å². The second-order valence-electron chi connectivity index (χ2n) is 7.98. The average molecular weight is 368 g/mol. The molecule has 0 unspecified atom stereocenters. The summed E-state index contributed by atoms with van der Waals surface area (Å²) in [5, 5.41) is 3.76. The molecule has 2 aliphatic heterocycles. The van der Waals surface area contributed by atoms with Gasteiger partial charge < -0.3 is 20.1 Å². The second-order valence-corrected chi connectivity index (χ2v) is 7.98. The van der Waals surface area contributed by atoms with Gasteiger partial charge in [-0.05, 0) is 50.9 Å². The maximum atomic E-state index is 13.2. The largest absolute Gasteiger partial charge is 0.360 e. The lowest BCUT2D eigenvalue weighted by atomic mass is 9.78. The van der Waals surface area contributed by atoms with E-state index in [2.05, 4.69) is 22.2 Å². The zero-order valence-corrected chi connectivity index (χ0v) is 16.1. The molecule has 2 N–H and O–H groups in total. The van der Waals surface area contributed by atoms with Gasteiger partial charge in [0.05, 0.1) is 11.5 Å². The van der Waals surface area contributed by atoms with E-state index in [0.29, 0.717) is 24.6 Å². The van der Waals surface area contributed by atoms with E-state index < -0.39 is 0 Å². The fraction of sp³-hybridized carbons (Fsp3) is 0.524. The summed E-state index contributed by atoms with van der Waals surface area (Å²) in [4.78, 5) is 33.2. The maximum Gasteiger partial charge on any atom is 0.256 e. The van der Waals surface area contributed by atoms with Crippen molar-refractivity contribution in [3.63, 3.8) is 0 Å². The van der Waals surface area contributed by atoms with Crippen molar-refractivity contribution in [3.8, 4) is 0 Å². The number of aromatic nitrogens is 1. The maximum absolute atomic E-state index is 13.2.